The van der Waals surface area contributed by atoms with Crippen LogP contribution in [-0.2, 0) is 27.3 Å². The van der Waals surface area contributed by atoms with Crippen LogP contribution in [0.3, 0.4) is 0 Å². The maximum Gasteiger partial charge on any atom is 0.242 e. The van der Waals surface area contributed by atoms with Crippen molar-refractivity contribution in [1.82, 2.24) is 15.1 Å². The molecule has 7 nitrogen and oxygen atoms in total. The van der Waals surface area contributed by atoms with Gasteiger partial charge in [0.1, 0.15) is 11.8 Å². The van der Waals surface area contributed by atoms with Gasteiger partial charge in [-0.25, -0.2) is 0 Å². The van der Waals surface area contributed by atoms with Gasteiger partial charge in [0.2, 0.25) is 11.8 Å². The Morgan fingerprint density at radius 3 is 2.36 bits per heavy atom. The number of benzene rings is 2. The molecule has 0 radical (unpaired) electrons. The average molecular weight is 474 g/mol. The molecule has 2 amide bonds. The number of carbonyl (C=O) groups excluding carboxylic acids is 2. The lowest BCUT2D eigenvalue weighted by molar-refractivity contribution is -0.140. The highest BCUT2D eigenvalue weighted by atomic mass is 35.5. The summed E-state index contributed by atoms with van der Waals surface area (Å²) >= 11 is 5.97. The highest BCUT2D eigenvalue weighted by Crippen LogP contribution is 2.17. The molecule has 0 saturated carbocycles. The van der Waals surface area contributed by atoms with Gasteiger partial charge < -0.3 is 19.7 Å². The molecule has 1 saturated heterocycles. The fourth-order valence-electron chi connectivity index (χ4n) is 3.70. The Morgan fingerprint density at radius 1 is 1.09 bits per heavy atom. The number of nitrogens with one attached hydrogen (secondary N) is 1. The van der Waals surface area contributed by atoms with Crippen molar-refractivity contribution in [3.8, 4) is 5.75 Å². The Morgan fingerprint density at radius 2 is 1.73 bits per heavy atom. The van der Waals surface area contributed by atoms with Crippen molar-refractivity contribution in [2.24, 2.45) is 0 Å². The number of hydrogen-bond acceptors (Lipinski definition) is 5. The third-order valence-electron chi connectivity index (χ3n) is 5.78. The van der Waals surface area contributed by atoms with E-state index in [1.165, 1.54) is 0 Å². The predicted molar refractivity (Wildman–Crippen MR) is 128 cm³/mol. The van der Waals surface area contributed by atoms with Crippen LogP contribution in [0.5, 0.6) is 5.75 Å². The van der Waals surface area contributed by atoms with Crippen molar-refractivity contribution in [1.29, 1.82) is 0 Å². The first-order valence-corrected chi connectivity index (χ1v) is 11.6. The summed E-state index contributed by atoms with van der Waals surface area (Å²) in [5, 5.41) is 3.61. The van der Waals surface area contributed by atoms with Gasteiger partial charge in [-0.1, -0.05) is 35.9 Å². The molecule has 1 heterocycles. The molecule has 0 spiro atoms. The van der Waals surface area contributed by atoms with E-state index in [9.17, 15) is 9.59 Å². The third-order valence-corrected chi connectivity index (χ3v) is 6.03. The van der Waals surface area contributed by atoms with Crippen LogP contribution in [-0.4, -0.2) is 74.2 Å². The minimum atomic E-state index is -0.614. The first kappa shape index (κ1) is 25.0. The number of rotatable bonds is 10. The summed E-state index contributed by atoms with van der Waals surface area (Å²) in [6, 6.07) is 14.1. The fraction of sp³-hybridized carbons (Fsp3) is 0.440. The number of carbonyl (C=O) groups is 2. The molecule has 2 aromatic rings. The molecular formula is C25H32ClN3O4. The van der Waals surface area contributed by atoms with E-state index < -0.39 is 6.04 Å². The molecule has 8 heteroatoms. The molecule has 1 aliphatic rings. The summed E-state index contributed by atoms with van der Waals surface area (Å²) in [6.45, 7) is 6.58. The maximum atomic E-state index is 13.3. The van der Waals surface area contributed by atoms with Gasteiger partial charge in [0.15, 0.2) is 0 Å². The van der Waals surface area contributed by atoms with Crippen molar-refractivity contribution in [2.45, 2.75) is 25.9 Å². The number of halogens is 1. The zero-order chi connectivity index (χ0) is 23.6. The minimum absolute atomic E-state index is 0.121. The van der Waals surface area contributed by atoms with E-state index >= 15 is 0 Å². The van der Waals surface area contributed by atoms with Crippen LogP contribution in [0, 0.1) is 0 Å². The normalized spacial score (nSPS) is 15.0. The lowest BCUT2D eigenvalue weighted by Crippen LogP contribution is -2.49. The van der Waals surface area contributed by atoms with Gasteiger partial charge in [0.05, 0.1) is 26.7 Å². The molecule has 0 aliphatic carbocycles. The Labute approximate surface area is 200 Å². The molecule has 2 aromatic carbocycles. The van der Waals surface area contributed by atoms with Crippen LogP contribution in [0.4, 0.5) is 0 Å². The second-order valence-electron chi connectivity index (χ2n) is 8.09. The van der Waals surface area contributed by atoms with E-state index in [-0.39, 0.29) is 18.2 Å². The van der Waals surface area contributed by atoms with E-state index in [1.807, 2.05) is 36.4 Å². The van der Waals surface area contributed by atoms with E-state index in [1.54, 1.807) is 31.1 Å². The lowest BCUT2D eigenvalue weighted by Gasteiger charge is -2.30. The van der Waals surface area contributed by atoms with Crippen molar-refractivity contribution < 1.29 is 19.1 Å². The largest absolute Gasteiger partial charge is 0.497 e. The molecule has 0 aromatic heterocycles. The van der Waals surface area contributed by atoms with Crippen LogP contribution >= 0.6 is 11.6 Å². The Hall–Kier alpha value is -2.61. The van der Waals surface area contributed by atoms with E-state index in [2.05, 4.69) is 10.2 Å². The van der Waals surface area contributed by atoms with Gasteiger partial charge in [0.25, 0.3) is 0 Å². The lowest BCUT2D eigenvalue weighted by atomic mass is 10.1. The Kier molecular flexibility index (Phi) is 9.54. The topological polar surface area (TPSA) is 71.1 Å². The highest BCUT2D eigenvalue weighted by molar-refractivity contribution is 6.30. The van der Waals surface area contributed by atoms with Gasteiger partial charge in [-0.2, -0.15) is 0 Å². The quantitative estimate of drug-likeness (QED) is 0.574. The summed E-state index contributed by atoms with van der Waals surface area (Å²) in [6.07, 6.45) is 0.193. The van der Waals surface area contributed by atoms with Crippen molar-refractivity contribution >= 4 is 23.4 Å². The molecule has 0 bridgehead atoms. The van der Waals surface area contributed by atoms with Crippen molar-refractivity contribution in [2.75, 3.05) is 46.5 Å². The summed E-state index contributed by atoms with van der Waals surface area (Å²) in [4.78, 5) is 30.1. The second-order valence-corrected chi connectivity index (χ2v) is 8.53. The molecule has 3 rings (SSSR count). The molecule has 1 N–H and O–H groups in total. The third kappa shape index (κ3) is 7.74. The maximum absolute atomic E-state index is 13.3. The van der Waals surface area contributed by atoms with Crippen LogP contribution in [0.25, 0.3) is 0 Å². The molecule has 178 valence electrons. The van der Waals surface area contributed by atoms with Crippen LogP contribution < -0.4 is 10.1 Å². The summed E-state index contributed by atoms with van der Waals surface area (Å²) in [7, 11) is 1.61. The SMILES string of the molecule is COc1ccc(CN(C(=O)Cc2ccc(Cl)cc2)[C@H](C)C(=O)NCCN2CCOCC2)cc1. The second kappa shape index (κ2) is 12.6. The number of methoxy groups -OCH3 is 1. The summed E-state index contributed by atoms with van der Waals surface area (Å²) in [5.74, 6) is 0.455. The van der Waals surface area contributed by atoms with Crippen LogP contribution in [0.2, 0.25) is 5.02 Å². The minimum Gasteiger partial charge on any atom is -0.497 e. The average Bonchev–Trinajstić information content (AvgIpc) is 2.84. The predicted octanol–water partition coefficient (Wildman–Crippen LogP) is 2.76. The number of ether oxygens (including phenoxy) is 2. The van der Waals surface area contributed by atoms with Gasteiger partial charge in [-0.15, -0.1) is 0 Å². The molecule has 33 heavy (non-hydrogen) atoms. The van der Waals surface area contributed by atoms with Gasteiger partial charge >= 0.3 is 0 Å². The molecule has 1 fully saturated rings. The van der Waals surface area contributed by atoms with Crippen molar-refractivity contribution in [3.05, 3.63) is 64.7 Å². The monoisotopic (exact) mass is 473 g/mol. The number of hydrogen-bond donors (Lipinski definition) is 1. The molecule has 1 atom stereocenters. The summed E-state index contributed by atoms with van der Waals surface area (Å²) < 4.78 is 10.6. The van der Waals surface area contributed by atoms with Gasteiger partial charge in [0, 0.05) is 37.7 Å². The molecule has 1 aliphatic heterocycles. The number of amides is 2. The zero-order valence-corrected chi connectivity index (χ0v) is 20.0. The molecule has 0 unspecified atom stereocenters. The van der Waals surface area contributed by atoms with E-state index in [0.717, 1.165) is 49.7 Å². The van der Waals surface area contributed by atoms with E-state index in [0.29, 0.717) is 18.1 Å². The van der Waals surface area contributed by atoms with Gasteiger partial charge in [-0.05, 0) is 42.3 Å². The smallest absolute Gasteiger partial charge is 0.242 e. The standard InChI is InChI=1S/C25H32ClN3O4/c1-19(25(31)27-11-12-28-13-15-33-16-14-28)29(18-21-5-9-23(32-2)10-6-21)24(30)17-20-3-7-22(26)8-4-20/h3-10,19H,11-18H2,1-2H3,(H,27,31)/t19-/m1/s1. The molecular weight excluding hydrogens is 442 g/mol. The fourth-order valence-corrected chi connectivity index (χ4v) is 3.82. The van der Waals surface area contributed by atoms with Crippen LogP contribution in [0.15, 0.2) is 48.5 Å². The number of nitrogens with zero attached hydrogens (tertiary/aromatic N) is 2. The van der Waals surface area contributed by atoms with Gasteiger partial charge in [-0.3, -0.25) is 14.5 Å². The van der Waals surface area contributed by atoms with Crippen molar-refractivity contribution in [3.63, 3.8) is 0 Å². The van der Waals surface area contributed by atoms with Crippen LogP contribution in [0.1, 0.15) is 18.1 Å². The zero-order valence-electron chi connectivity index (χ0n) is 19.3. The van der Waals surface area contributed by atoms with E-state index in [4.69, 9.17) is 21.1 Å². The first-order chi connectivity index (χ1) is 16.0. The highest BCUT2D eigenvalue weighted by Gasteiger charge is 2.26. The Balaban J connectivity index is 1.66. The first-order valence-electron chi connectivity index (χ1n) is 11.2. The summed E-state index contributed by atoms with van der Waals surface area (Å²) in [5.41, 5.74) is 1.78. The Bertz CT molecular complexity index is 899. The number of morpholine rings is 1.